The number of aromatic nitrogens is 3. The molecule has 0 bridgehead atoms. The first-order valence-corrected chi connectivity index (χ1v) is 10.6. The Morgan fingerprint density at radius 1 is 1.24 bits per heavy atom. The number of benzene rings is 1. The summed E-state index contributed by atoms with van der Waals surface area (Å²) in [4.78, 5) is 17.6. The van der Waals surface area contributed by atoms with E-state index in [-0.39, 0.29) is 11.7 Å². The van der Waals surface area contributed by atoms with E-state index in [1.54, 1.807) is 25.3 Å². The van der Waals surface area contributed by atoms with Crippen molar-refractivity contribution in [1.82, 2.24) is 14.8 Å². The summed E-state index contributed by atoms with van der Waals surface area (Å²) in [5, 5.41) is 21.4. The fourth-order valence-corrected chi connectivity index (χ4v) is 4.51. The van der Waals surface area contributed by atoms with Crippen molar-refractivity contribution in [1.29, 1.82) is 0 Å². The number of rotatable bonds is 5. The number of thiazole rings is 1. The van der Waals surface area contributed by atoms with Crippen molar-refractivity contribution in [2.75, 3.05) is 10.6 Å². The molecule has 4 rings (SSSR count). The summed E-state index contributed by atoms with van der Waals surface area (Å²) in [5.41, 5.74) is 3.14. The molecule has 1 amide bonds. The fourth-order valence-electron chi connectivity index (χ4n) is 3.79. The van der Waals surface area contributed by atoms with Gasteiger partial charge in [0.25, 0.3) is 5.91 Å². The second-order valence-electron chi connectivity index (χ2n) is 7.56. The van der Waals surface area contributed by atoms with Crippen molar-refractivity contribution in [3.63, 3.8) is 0 Å². The molecule has 1 aromatic carbocycles. The number of anilines is 3. The maximum absolute atomic E-state index is 12.7. The van der Waals surface area contributed by atoms with Crippen LogP contribution < -0.4 is 10.6 Å². The lowest BCUT2D eigenvalue weighted by Gasteiger charge is -2.14. The highest BCUT2D eigenvalue weighted by Crippen LogP contribution is 2.34. The maximum atomic E-state index is 12.7. The van der Waals surface area contributed by atoms with Gasteiger partial charge in [-0.15, -0.1) is 0 Å². The monoisotopic (exact) mass is 411 g/mol. The number of hydrogen-bond donors (Lipinski definition) is 3. The van der Waals surface area contributed by atoms with Gasteiger partial charge in [0, 0.05) is 11.6 Å². The molecule has 1 aliphatic carbocycles. The van der Waals surface area contributed by atoms with E-state index in [0.717, 1.165) is 29.9 Å². The Bertz CT molecular complexity index is 1050. The number of phenolic OH excluding ortho intramolecular Hbond substituents is 1. The summed E-state index contributed by atoms with van der Waals surface area (Å²) < 4.78 is 2.06. The molecule has 29 heavy (non-hydrogen) atoms. The van der Waals surface area contributed by atoms with Gasteiger partial charge in [-0.3, -0.25) is 4.79 Å². The lowest BCUT2D eigenvalue weighted by Crippen LogP contribution is -2.12. The molecular formula is C21H25N5O2S. The Hall–Kier alpha value is -2.87. The SMILES string of the molecule is Cc1cc(Nc2ncc(C(=O)Nc3c(C)ccc(O)c3C)s2)n(C2CCCC2)n1. The second-order valence-corrected chi connectivity index (χ2v) is 8.59. The number of carbonyl (C=O) groups excluding carboxylic acids is 1. The number of nitrogens with zero attached hydrogens (tertiary/aromatic N) is 3. The van der Waals surface area contributed by atoms with Crippen LogP contribution in [0.1, 0.15) is 58.2 Å². The first-order valence-electron chi connectivity index (χ1n) is 9.82. The molecule has 0 unspecified atom stereocenters. The molecule has 3 N–H and O–H groups in total. The Morgan fingerprint density at radius 2 is 2.00 bits per heavy atom. The van der Waals surface area contributed by atoms with Crippen LogP contribution in [0.2, 0.25) is 0 Å². The van der Waals surface area contributed by atoms with E-state index in [2.05, 4.69) is 25.4 Å². The van der Waals surface area contributed by atoms with E-state index >= 15 is 0 Å². The van der Waals surface area contributed by atoms with Gasteiger partial charge in [0.05, 0.1) is 23.6 Å². The average molecular weight is 412 g/mol. The lowest BCUT2D eigenvalue weighted by atomic mass is 10.1. The summed E-state index contributed by atoms with van der Waals surface area (Å²) in [6.07, 6.45) is 6.32. The lowest BCUT2D eigenvalue weighted by molar-refractivity contribution is 0.103. The summed E-state index contributed by atoms with van der Waals surface area (Å²) in [6, 6.07) is 5.85. The van der Waals surface area contributed by atoms with E-state index in [1.165, 1.54) is 24.2 Å². The molecule has 0 aliphatic heterocycles. The van der Waals surface area contributed by atoms with Crippen LogP contribution >= 0.6 is 11.3 Å². The zero-order chi connectivity index (χ0) is 20.5. The van der Waals surface area contributed by atoms with Crippen LogP contribution in [0.4, 0.5) is 16.6 Å². The second kappa shape index (κ2) is 7.87. The third-order valence-electron chi connectivity index (χ3n) is 5.38. The number of amides is 1. The minimum Gasteiger partial charge on any atom is -0.508 e. The molecule has 152 valence electrons. The molecular weight excluding hydrogens is 386 g/mol. The largest absolute Gasteiger partial charge is 0.508 e. The molecule has 1 saturated carbocycles. The number of nitrogens with one attached hydrogen (secondary N) is 2. The Balaban J connectivity index is 1.51. The van der Waals surface area contributed by atoms with E-state index < -0.39 is 0 Å². The smallest absolute Gasteiger partial charge is 0.267 e. The van der Waals surface area contributed by atoms with Gasteiger partial charge < -0.3 is 15.7 Å². The van der Waals surface area contributed by atoms with Gasteiger partial charge in [0.1, 0.15) is 16.4 Å². The van der Waals surface area contributed by atoms with Gasteiger partial charge in [0.2, 0.25) is 0 Å². The van der Waals surface area contributed by atoms with Crippen LogP contribution in [-0.4, -0.2) is 25.8 Å². The molecule has 0 atom stereocenters. The maximum Gasteiger partial charge on any atom is 0.267 e. The zero-order valence-corrected chi connectivity index (χ0v) is 17.6. The van der Waals surface area contributed by atoms with Crippen LogP contribution in [-0.2, 0) is 0 Å². The molecule has 2 heterocycles. The van der Waals surface area contributed by atoms with Crippen LogP contribution in [0.25, 0.3) is 0 Å². The first kappa shape index (κ1) is 19.4. The molecule has 1 aliphatic rings. The number of aromatic hydroxyl groups is 1. The third-order valence-corrected chi connectivity index (χ3v) is 6.29. The first-order chi connectivity index (χ1) is 13.9. The Kier molecular flexibility index (Phi) is 5.27. The predicted molar refractivity (Wildman–Crippen MR) is 115 cm³/mol. The molecule has 3 aromatic rings. The van der Waals surface area contributed by atoms with Gasteiger partial charge in [-0.2, -0.15) is 5.10 Å². The normalized spacial score (nSPS) is 14.3. The van der Waals surface area contributed by atoms with Crippen LogP contribution in [0.15, 0.2) is 24.4 Å². The molecule has 2 aromatic heterocycles. The van der Waals surface area contributed by atoms with Crippen molar-refractivity contribution >= 4 is 33.9 Å². The number of phenols is 1. The molecule has 1 fully saturated rings. The van der Waals surface area contributed by atoms with E-state index in [9.17, 15) is 9.90 Å². The highest BCUT2D eigenvalue weighted by molar-refractivity contribution is 7.17. The zero-order valence-electron chi connectivity index (χ0n) is 16.8. The van der Waals surface area contributed by atoms with Crippen LogP contribution in [0, 0.1) is 20.8 Å². The minimum atomic E-state index is -0.243. The van der Waals surface area contributed by atoms with Crippen molar-refractivity contribution < 1.29 is 9.90 Å². The molecule has 0 saturated heterocycles. The fraction of sp³-hybridized carbons (Fsp3) is 0.381. The van der Waals surface area contributed by atoms with Crippen LogP contribution in [0.5, 0.6) is 5.75 Å². The predicted octanol–water partition coefficient (Wildman–Crippen LogP) is 5.08. The summed E-state index contributed by atoms with van der Waals surface area (Å²) in [7, 11) is 0. The third kappa shape index (κ3) is 3.98. The topological polar surface area (TPSA) is 92.1 Å². The molecule has 0 spiro atoms. The van der Waals surface area contributed by atoms with Crippen molar-refractivity contribution in [3.05, 3.63) is 46.1 Å². The van der Waals surface area contributed by atoms with Crippen molar-refractivity contribution in [2.45, 2.75) is 52.5 Å². The molecule has 0 radical (unpaired) electrons. The summed E-state index contributed by atoms with van der Waals surface area (Å²) >= 11 is 1.29. The molecule has 8 heteroatoms. The van der Waals surface area contributed by atoms with Crippen LogP contribution in [0.3, 0.4) is 0 Å². The number of hydrogen-bond acceptors (Lipinski definition) is 6. The van der Waals surface area contributed by atoms with Gasteiger partial charge in [-0.25, -0.2) is 9.67 Å². The summed E-state index contributed by atoms with van der Waals surface area (Å²) in [6.45, 7) is 5.66. The average Bonchev–Trinajstić information content (AvgIpc) is 3.43. The number of aryl methyl sites for hydroxylation is 2. The van der Waals surface area contributed by atoms with Crippen molar-refractivity contribution in [2.24, 2.45) is 0 Å². The Morgan fingerprint density at radius 3 is 2.76 bits per heavy atom. The molecule has 7 nitrogen and oxygen atoms in total. The summed E-state index contributed by atoms with van der Waals surface area (Å²) in [5.74, 6) is 0.830. The van der Waals surface area contributed by atoms with Crippen molar-refractivity contribution in [3.8, 4) is 5.75 Å². The van der Waals surface area contributed by atoms with Gasteiger partial charge >= 0.3 is 0 Å². The van der Waals surface area contributed by atoms with Gasteiger partial charge in [0.15, 0.2) is 5.13 Å². The van der Waals surface area contributed by atoms with E-state index in [1.807, 2.05) is 19.9 Å². The van der Waals surface area contributed by atoms with E-state index in [4.69, 9.17) is 0 Å². The highest BCUT2D eigenvalue weighted by atomic mass is 32.1. The van der Waals surface area contributed by atoms with Gasteiger partial charge in [-0.1, -0.05) is 30.2 Å². The minimum absolute atomic E-state index is 0.160. The standard InChI is InChI=1S/C21H25N5O2S/c1-12-8-9-16(27)14(3)19(12)24-20(28)17-11-22-21(29-17)23-18-10-13(2)25-26(18)15-6-4-5-7-15/h8-11,15,27H,4-7H2,1-3H3,(H,22,23)(H,24,28). The van der Waals surface area contributed by atoms with Gasteiger partial charge in [-0.05, 0) is 45.2 Å². The Labute approximate surface area is 173 Å². The quantitative estimate of drug-likeness (QED) is 0.544. The highest BCUT2D eigenvalue weighted by Gasteiger charge is 2.21. The number of carbonyl (C=O) groups is 1. The van der Waals surface area contributed by atoms with E-state index in [0.29, 0.717) is 27.3 Å².